The first-order chi connectivity index (χ1) is 9.04. The maximum Gasteiger partial charge on any atom is 0.133 e. The van der Waals surface area contributed by atoms with Crippen LogP contribution in [-0.4, -0.2) is 16.6 Å². The summed E-state index contributed by atoms with van der Waals surface area (Å²) >= 11 is 0. The van der Waals surface area contributed by atoms with Crippen molar-refractivity contribution in [2.45, 2.75) is 19.4 Å². The molecule has 0 spiro atoms. The Bertz CT molecular complexity index is 578. The second-order valence-corrected chi connectivity index (χ2v) is 4.59. The highest BCUT2D eigenvalue weighted by Gasteiger charge is 2.21. The van der Waals surface area contributed by atoms with E-state index in [9.17, 15) is 8.78 Å². The Balaban J connectivity index is 2.38. The van der Waals surface area contributed by atoms with E-state index in [1.807, 2.05) is 17.8 Å². The van der Waals surface area contributed by atoms with E-state index in [1.54, 1.807) is 20.2 Å². The van der Waals surface area contributed by atoms with Crippen LogP contribution in [0.1, 0.15) is 23.0 Å². The number of nitrogens with zero attached hydrogens (tertiary/aromatic N) is 2. The van der Waals surface area contributed by atoms with Gasteiger partial charge < -0.3 is 9.88 Å². The molecule has 1 aromatic carbocycles. The number of aryl methyl sites for hydroxylation is 2. The lowest BCUT2D eigenvalue weighted by molar-refractivity contribution is 0.477. The summed E-state index contributed by atoms with van der Waals surface area (Å²) < 4.78 is 29.9. The van der Waals surface area contributed by atoms with Gasteiger partial charge in [0.2, 0.25) is 0 Å². The van der Waals surface area contributed by atoms with Crippen molar-refractivity contribution in [3.05, 3.63) is 53.1 Å². The molecule has 0 saturated carbocycles. The van der Waals surface area contributed by atoms with E-state index >= 15 is 0 Å². The summed E-state index contributed by atoms with van der Waals surface area (Å²) in [6.45, 7) is 1.63. The molecule has 0 saturated heterocycles. The summed E-state index contributed by atoms with van der Waals surface area (Å²) in [5.74, 6) is -0.245. The molecule has 1 atom stereocenters. The van der Waals surface area contributed by atoms with Crippen molar-refractivity contribution < 1.29 is 8.78 Å². The summed E-state index contributed by atoms with van der Waals surface area (Å²) in [4.78, 5) is 4.19. The van der Waals surface area contributed by atoms with E-state index in [-0.39, 0.29) is 5.56 Å². The molecule has 1 heterocycles. The van der Waals surface area contributed by atoms with Crippen molar-refractivity contribution >= 4 is 0 Å². The number of likely N-dealkylation sites (N-methyl/N-ethyl adjacent to an activating group) is 1. The van der Waals surface area contributed by atoms with E-state index in [0.717, 1.165) is 5.82 Å². The molecule has 19 heavy (non-hydrogen) atoms. The van der Waals surface area contributed by atoms with Crippen LogP contribution in [0.4, 0.5) is 8.78 Å². The number of hydrogen-bond acceptors (Lipinski definition) is 2. The Hall–Kier alpha value is -1.75. The number of nitrogens with one attached hydrogen (secondary N) is 1. The van der Waals surface area contributed by atoms with Gasteiger partial charge >= 0.3 is 0 Å². The van der Waals surface area contributed by atoms with Gasteiger partial charge in [-0.05, 0) is 25.6 Å². The first kappa shape index (κ1) is 13.7. The minimum Gasteiger partial charge on any atom is -0.338 e. The molecule has 3 nitrogen and oxygen atoms in total. The Labute approximate surface area is 111 Å². The smallest absolute Gasteiger partial charge is 0.133 e. The Morgan fingerprint density at radius 2 is 2.11 bits per heavy atom. The maximum absolute atomic E-state index is 14.1. The second kappa shape index (κ2) is 5.48. The highest BCUT2D eigenvalue weighted by atomic mass is 19.1. The van der Waals surface area contributed by atoms with E-state index < -0.39 is 17.7 Å². The molecule has 1 N–H and O–H groups in total. The van der Waals surface area contributed by atoms with Gasteiger partial charge in [-0.1, -0.05) is 6.07 Å². The Morgan fingerprint density at radius 3 is 2.68 bits per heavy atom. The van der Waals surface area contributed by atoms with E-state index in [0.29, 0.717) is 12.0 Å². The minimum atomic E-state index is -0.531. The van der Waals surface area contributed by atoms with Crippen LogP contribution in [0.5, 0.6) is 0 Å². The lowest BCUT2D eigenvalue weighted by Crippen LogP contribution is -2.23. The van der Waals surface area contributed by atoms with Gasteiger partial charge in [-0.2, -0.15) is 0 Å². The fraction of sp³-hybridized carbons (Fsp3) is 0.357. The second-order valence-electron chi connectivity index (χ2n) is 4.59. The van der Waals surface area contributed by atoms with Gasteiger partial charge in [0.05, 0.1) is 0 Å². The Kier molecular flexibility index (Phi) is 3.95. The minimum absolute atomic E-state index is 0.0745. The average Bonchev–Trinajstić information content (AvgIpc) is 2.78. The van der Waals surface area contributed by atoms with Crippen molar-refractivity contribution in [1.82, 2.24) is 14.9 Å². The van der Waals surface area contributed by atoms with Crippen molar-refractivity contribution in [3.8, 4) is 0 Å². The average molecular weight is 265 g/mol. The van der Waals surface area contributed by atoms with E-state index in [1.165, 1.54) is 12.1 Å². The standard InChI is InChI=1S/C14H17F2N3/c1-9-4-5-10(15)13(14(9)16)11(17-2)8-12-18-6-7-19(12)3/h4-7,11,17H,8H2,1-3H3. The third kappa shape index (κ3) is 2.66. The third-order valence-electron chi connectivity index (χ3n) is 3.32. The quantitative estimate of drug-likeness (QED) is 0.920. The lowest BCUT2D eigenvalue weighted by Gasteiger charge is -2.18. The van der Waals surface area contributed by atoms with Gasteiger partial charge in [0.1, 0.15) is 17.5 Å². The van der Waals surface area contributed by atoms with E-state index in [4.69, 9.17) is 0 Å². The van der Waals surface area contributed by atoms with Gasteiger partial charge in [0, 0.05) is 37.5 Å². The van der Waals surface area contributed by atoms with Crippen molar-refractivity contribution in [2.75, 3.05) is 7.05 Å². The predicted octanol–water partition coefficient (Wildman–Crippen LogP) is 2.51. The predicted molar refractivity (Wildman–Crippen MR) is 69.8 cm³/mol. The van der Waals surface area contributed by atoms with Gasteiger partial charge in [-0.3, -0.25) is 0 Å². The molecule has 0 radical (unpaired) electrons. The highest BCUT2D eigenvalue weighted by Crippen LogP contribution is 2.25. The SMILES string of the molecule is CNC(Cc1nccn1C)c1c(F)ccc(C)c1F. The van der Waals surface area contributed by atoms with Gasteiger partial charge in [0.15, 0.2) is 0 Å². The number of rotatable bonds is 4. The monoisotopic (exact) mass is 265 g/mol. The molecule has 5 heteroatoms. The van der Waals surface area contributed by atoms with Crippen molar-refractivity contribution in [3.63, 3.8) is 0 Å². The van der Waals surface area contributed by atoms with Crippen LogP contribution in [0.3, 0.4) is 0 Å². The molecular weight excluding hydrogens is 248 g/mol. The van der Waals surface area contributed by atoms with Gasteiger partial charge in [0.25, 0.3) is 0 Å². The van der Waals surface area contributed by atoms with Crippen molar-refractivity contribution in [2.24, 2.45) is 7.05 Å². The fourth-order valence-corrected chi connectivity index (χ4v) is 2.12. The van der Waals surface area contributed by atoms with Crippen LogP contribution in [-0.2, 0) is 13.5 Å². The van der Waals surface area contributed by atoms with Crippen LogP contribution >= 0.6 is 0 Å². The van der Waals surface area contributed by atoms with Gasteiger partial charge in [-0.25, -0.2) is 13.8 Å². The van der Waals surface area contributed by atoms with Crippen LogP contribution in [0, 0.1) is 18.6 Å². The van der Waals surface area contributed by atoms with Crippen molar-refractivity contribution in [1.29, 1.82) is 0 Å². The number of aromatic nitrogens is 2. The molecule has 0 fully saturated rings. The molecular formula is C14H17F2N3. The number of hydrogen-bond donors (Lipinski definition) is 1. The van der Waals surface area contributed by atoms with Crippen LogP contribution in [0.2, 0.25) is 0 Å². The molecule has 2 rings (SSSR count). The third-order valence-corrected chi connectivity index (χ3v) is 3.32. The molecule has 2 aromatic rings. The zero-order chi connectivity index (χ0) is 14.0. The zero-order valence-electron chi connectivity index (χ0n) is 11.2. The molecule has 102 valence electrons. The summed E-state index contributed by atoms with van der Waals surface area (Å²) in [7, 11) is 3.55. The molecule has 1 aromatic heterocycles. The molecule has 0 bridgehead atoms. The van der Waals surface area contributed by atoms with Crippen LogP contribution < -0.4 is 5.32 Å². The largest absolute Gasteiger partial charge is 0.338 e. The summed E-state index contributed by atoms with van der Waals surface area (Å²) in [6, 6.07) is 2.30. The summed E-state index contributed by atoms with van der Waals surface area (Å²) in [5, 5.41) is 2.96. The van der Waals surface area contributed by atoms with Crippen LogP contribution in [0.15, 0.2) is 24.5 Å². The van der Waals surface area contributed by atoms with E-state index in [2.05, 4.69) is 10.3 Å². The fourth-order valence-electron chi connectivity index (χ4n) is 2.12. The number of imidazole rings is 1. The van der Waals surface area contributed by atoms with Crippen LogP contribution in [0.25, 0.3) is 0 Å². The summed E-state index contributed by atoms with van der Waals surface area (Å²) in [5.41, 5.74) is 0.516. The lowest BCUT2D eigenvalue weighted by atomic mass is 9.99. The molecule has 1 unspecified atom stereocenters. The van der Waals surface area contributed by atoms with Gasteiger partial charge in [-0.15, -0.1) is 0 Å². The highest BCUT2D eigenvalue weighted by molar-refractivity contribution is 5.30. The first-order valence-electron chi connectivity index (χ1n) is 6.12. The maximum atomic E-state index is 14.1. The molecule has 0 aliphatic rings. The topological polar surface area (TPSA) is 29.9 Å². The number of benzene rings is 1. The normalized spacial score (nSPS) is 12.7. The summed E-state index contributed by atoms with van der Waals surface area (Å²) in [6.07, 6.45) is 3.91. The number of halogens is 2. The molecule has 0 amide bonds. The first-order valence-corrected chi connectivity index (χ1v) is 6.12. The Morgan fingerprint density at radius 1 is 1.37 bits per heavy atom. The zero-order valence-corrected chi connectivity index (χ0v) is 11.2. The molecule has 0 aliphatic carbocycles. The molecule has 0 aliphatic heterocycles.